The normalized spacial score (nSPS) is 29.0. The van der Waals surface area contributed by atoms with E-state index >= 15 is 0 Å². The van der Waals surface area contributed by atoms with E-state index in [1.807, 2.05) is 5.38 Å². The highest BCUT2D eigenvalue weighted by atomic mass is 32.1. The van der Waals surface area contributed by atoms with Crippen molar-refractivity contribution in [2.45, 2.75) is 38.1 Å². The molecule has 29 heavy (non-hydrogen) atoms. The van der Waals surface area contributed by atoms with E-state index < -0.39 is 12.1 Å². The number of methoxy groups -OCH3 is 1. The van der Waals surface area contributed by atoms with Crippen molar-refractivity contribution in [3.8, 4) is 0 Å². The van der Waals surface area contributed by atoms with Crippen molar-refractivity contribution < 1.29 is 22.6 Å². The summed E-state index contributed by atoms with van der Waals surface area (Å²) in [5, 5.41) is 3.02. The van der Waals surface area contributed by atoms with Gasteiger partial charge in [-0.15, -0.1) is 11.3 Å². The Morgan fingerprint density at radius 1 is 1.24 bits per heavy atom. The molecule has 0 spiro atoms. The van der Waals surface area contributed by atoms with Crippen LogP contribution in [0.3, 0.4) is 0 Å². The number of hydrogen-bond donors (Lipinski definition) is 0. The molecule has 2 aliphatic heterocycles. The van der Waals surface area contributed by atoms with Gasteiger partial charge in [-0.1, -0.05) is 12.2 Å². The van der Waals surface area contributed by atoms with E-state index in [2.05, 4.69) is 9.80 Å². The van der Waals surface area contributed by atoms with Crippen LogP contribution < -0.4 is 14.7 Å². The molecule has 4 nitrogen and oxygen atoms in total. The lowest BCUT2D eigenvalue weighted by Gasteiger charge is -2.37. The first-order chi connectivity index (χ1) is 13.9. The van der Waals surface area contributed by atoms with E-state index in [-0.39, 0.29) is 12.7 Å². The minimum absolute atomic E-state index is 0.0462. The molecule has 0 aromatic carbocycles. The Bertz CT molecular complexity index is 802. The average Bonchev–Trinajstić information content (AvgIpc) is 2.99. The van der Waals surface area contributed by atoms with Gasteiger partial charge >= 0.3 is 6.18 Å². The number of hydrogen-bond acceptors (Lipinski definition) is 5. The fraction of sp³-hybridized carbons (Fsp3) is 0.714. The molecule has 0 N–H and O–H groups in total. The van der Waals surface area contributed by atoms with E-state index in [0.29, 0.717) is 5.92 Å². The SMILES string of the molecule is COC1CC(CN2CCN(c3csc4c3=CCC(C(F)(F)F)C=4)CC2)CCCO1. The molecule has 0 saturated carbocycles. The fourth-order valence-corrected chi connectivity index (χ4v) is 5.66. The molecule has 1 aliphatic carbocycles. The molecule has 2 saturated heterocycles. The number of piperazine rings is 1. The molecule has 3 aliphatic rings. The first kappa shape index (κ1) is 21.2. The van der Waals surface area contributed by atoms with Gasteiger partial charge in [0.1, 0.15) is 0 Å². The van der Waals surface area contributed by atoms with E-state index in [4.69, 9.17) is 9.47 Å². The summed E-state index contributed by atoms with van der Waals surface area (Å²) in [5.41, 5.74) is 1.10. The van der Waals surface area contributed by atoms with E-state index in [1.54, 1.807) is 13.2 Å². The van der Waals surface area contributed by atoms with Crippen LogP contribution in [-0.2, 0) is 9.47 Å². The number of fused-ring (bicyclic) bond motifs is 1. The first-order valence-electron chi connectivity index (χ1n) is 10.4. The lowest BCUT2D eigenvalue weighted by molar-refractivity contribution is -0.155. The van der Waals surface area contributed by atoms with Crippen molar-refractivity contribution in [3.05, 3.63) is 15.1 Å². The predicted octanol–water partition coefficient (Wildman–Crippen LogP) is 2.80. The largest absolute Gasteiger partial charge is 0.395 e. The standard InChI is InChI=1S/C21H29F3N2O2S/c1-27-20-11-15(3-2-10-28-20)13-25-6-8-26(9-7-25)18-14-29-19-12-16(21(22,23)24)4-5-17(18)19/h5,12,14-16,20H,2-4,6-11,13H2,1H3. The minimum Gasteiger partial charge on any atom is -0.368 e. The number of thiophene rings is 1. The van der Waals surface area contributed by atoms with Crippen LogP contribution in [-0.4, -0.2) is 63.8 Å². The monoisotopic (exact) mass is 430 g/mol. The highest BCUT2D eigenvalue weighted by molar-refractivity contribution is 7.08. The number of halogens is 3. The van der Waals surface area contributed by atoms with E-state index in [0.717, 1.165) is 67.6 Å². The Labute approximate surface area is 173 Å². The molecule has 0 radical (unpaired) electrons. The first-order valence-corrected chi connectivity index (χ1v) is 11.3. The van der Waals surface area contributed by atoms with Crippen molar-refractivity contribution in [2.75, 3.05) is 51.3 Å². The van der Waals surface area contributed by atoms with Gasteiger partial charge in [0.05, 0.1) is 11.6 Å². The number of rotatable bonds is 4. The Morgan fingerprint density at radius 2 is 2.03 bits per heavy atom. The maximum Gasteiger partial charge on any atom is 0.395 e. The Kier molecular flexibility index (Phi) is 6.53. The predicted molar refractivity (Wildman–Crippen MR) is 109 cm³/mol. The summed E-state index contributed by atoms with van der Waals surface area (Å²) in [4.78, 5) is 4.84. The second kappa shape index (κ2) is 8.96. The van der Waals surface area contributed by atoms with Gasteiger partial charge in [0, 0.05) is 68.0 Å². The van der Waals surface area contributed by atoms with Crippen molar-refractivity contribution in [2.24, 2.45) is 11.8 Å². The van der Waals surface area contributed by atoms with Crippen LogP contribution in [0.15, 0.2) is 5.38 Å². The summed E-state index contributed by atoms with van der Waals surface area (Å²) in [6, 6.07) is 0. The third-order valence-corrected chi connectivity index (χ3v) is 7.22. The van der Waals surface area contributed by atoms with Crippen molar-refractivity contribution >= 4 is 29.2 Å². The molecule has 3 atom stereocenters. The maximum atomic E-state index is 13.0. The molecule has 8 heteroatoms. The molecule has 2 fully saturated rings. The lowest BCUT2D eigenvalue weighted by Crippen LogP contribution is -2.49. The summed E-state index contributed by atoms with van der Waals surface area (Å²) >= 11 is 1.43. The van der Waals surface area contributed by atoms with Gasteiger partial charge in [0.2, 0.25) is 0 Å². The van der Waals surface area contributed by atoms with Gasteiger partial charge in [-0.25, -0.2) is 0 Å². The summed E-state index contributed by atoms with van der Waals surface area (Å²) in [6.07, 6.45) is 2.18. The number of ether oxygens (including phenoxy) is 2. The van der Waals surface area contributed by atoms with Gasteiger partial charge in [0.25, 0.3) is 0 Å². The molecular formula is C21H29F3N2O2S. The van der Waals surface area contributed by atoms with Crippen molar-refractivity contribution in [1.82, 2.24) is 4.90 Å². The Hall–Kier alpha value is -1.09. The number of anilines is 1. The molecule has 1 aromatic heterocycles. The highest BCUT2D eigenvalue weighted by Gasteiger charge is 2.38. The van der Waals surface area contributed by atoms with Crippen LogP contribution in [0.2, 0.25) is 0 Å². The third kappa shape index (κ3) is 4.98. The van der Waals surface area contributed by atoms with Crippen LogP contribution in [0.25, 0.3) is 12.2 Å². The quantitative estimate of drug-likeness (QED) is 0.734. The van der Waals surface area contributed by atoms with Crippen molar-refractivity contribution in [3.63, 3.8) is 0 Å². The van der Waals surface area contributed by atoms with Crippen LogP contribution in [0, 0.1) is 11.8 Å². The zero-order valence-corrected chi connectivity index (χ0v) is 17.6. The van der Waals surface area contributed by atoms with E-state index in [1.165, 1.54) is 23.8 Å². The topological polar surface area (TPSA) is 24.9 Å². The molecule has 1 aromatic rings. The van der Waals surface area contributed by atoms with Crippen LogP contribution >= 0.6 is 11.3 Å². The van der Waals surface area contributed by atoms with Crippen LogP contribution in [0.5, 0.6) is 0 Å². The maximum absolute atomic E-state index is 13.0. The zero-order chi connectivity index (χ0) is 20.4. The molecule has 0 amide bonds. The van der Waals surface area contributed by atoms with Crippen LogP contribution in [0.4, 0.5) is 18.9 Å². The molecule has 0 bridgehead atoms. The number of alkyl halides is 3. The third-order valence-electron chi connectivity index (χ3n) is 6.27. The van der Waals surface area contributed by atoms with Gasteiger partial charge in [-0.3, -0.25) is 4.90 Å². The zero-order valence-electron chi connectivity index (χ0n) is 16.8. The summed E-state index contributed by atoms with van der Waals surface area (Å²) in [5.74, 6) is -0.761. The van der Waals surface area contributed by atoms with Gasteiger partial charge in [-0.05, 0) is 25.2 Å². The van der Waals surface area contributed by atoms with Crippen molar-refractivity contribution in [1.29, 1.82) is 0 Å². The Balaban J connectivity index is 1.36. The number of nitrogens with zero attached hydrogens (tertiary/aromatic N) is 2. The summed E-state index contributed by atoms with van der Waals surface area (Å²) in [7, 11) is 1.71. The summed E-state index contributed by atoms with van der Waals surface area (Å²) in [6.45, 7) is 5.62. The smallest absolute Gasteiger partial charge is 0.368 e. The Morgan fingerprint density at radius 3 is 2.76 bits per heavy atom. The van der Waals surface area contributed by atoms with E-state index in [9.17, 15) is 13.2 Å². The lowest BCUT2D eigenvalue weighted by atomic mass is 9.99. The molecule has 162 valence electrons. The molecule has 4 rings (SSSR count). The van der Waals surface area contributed by atoms with Gasteiger partial charge < -0.3 is 14.4 Å². The minimum atomic E-state index is -4.16. The average molecular weight is 431 g/mol. The second-order valence-corrected chi connectivity index (χ2v) is 9.13. The highest BCUT2D eigenvalue weighted by Crippen LogP contribution is 2.32. The summed E-state index contributed by atoms with van der Waals surface area (Å²) < 4.78 is 51.0. The second-order valence-electron chi connectivity index (χ2n) is 8.22. The fourth-order valence-electron chi connectivity index (χ4n) is 4.59. The van der Waals surface area contributed by atoms with Gasteiger partial charge in [-0.2, -0.15) is 13.2 Å². The molecular weight excluding hydrogens is 401 g/mol. The molecule has 3 unspecified atom stereocenters. The van der Waals surface area contributed by atoms with Gasteiger partial charge in [0.15, 0.2) is 6.29 Å². The van der Waals surface area contributed by atoms with Crippen LogP contribution in [0.1, 0.15) is 25.7 Å². The molecule has 3 heterocycles.